The number of anilines is 2. The summed E-state index contributed by atoms with van der Waals surface area (Å²) < 4.78 is 6.23. The third-order valence-electron chi connectivity index (χ3n) is 10.9. The molecule has 0 aliphatic heterocycles. The lowest BCUT2D eigenvalue weighted by Gasteiger charge is -2.35. The van der Waals surface area contributed by atoms with Gasteiger partial charge in [0.1, 0.15) is 11.2 Å². The van der Waals surface area contributed by atoms with Gasteiger partial charge in [-0.25, -0.2) is 0 Å². The monoisotopic (exact) mass is 691 g/mol. The van der Waals surface area contributed by atoms with Gasteiger partial charge in [-0.3, -0.25) is 0 Å². The van der Waals surface area contributed by atoms with Crippen LogP contribution in [0.3, 0.4) is 0 Å². The average molecular weight is 692 g/mol. The fraction of sp³-hybridized carbons (Fsp3) is 0.0385. The van der Waals surface area contributed by atoms with E-state index >= 15 is 0 Å². The second-order valence-corrected chi connectivity index (χ2v) is 14.0. The first kappa shape index (κ1) is 31.8. The van der Waals surface area contributed by atoms with Crippen molar-refractivity contribution in [3.63, 3.8) is 0 Å². The van der Waals surface area contributed by atoms with Gasteiger partial charge in [-0.05, 0) is 98.1 Å². The van der Waals surface area contributed by atoms with Crippen LogP contribution in [0.5, 0.6) is 0 Å². The Hall–Kier alpha value is -6.90. The van der Waals surface area contributed by atoms with Gasteiger partial charge < -0.3 is 9.32 Å². The number of allylic oxidation sites excluding steroid dienone is 2. The number of furan rings is 1. The molecule has 0 saturated carbocycles. The maximum Gasteiger partial charge on any atom is 0.136 e. The van der Waals surface area contributed by atoms with Gasteiger partial charge in [0.05, 0.1) is 6.04 Å². The molecule has 1 aliphatic rings. The molecule has 256 valence electrons. The van der Waals surface area contributed by atoms with E-state index in [0.29, 0.717) is 0 Å². The summed E-state index contributed by atoms with van der Waals surface area (Å²) in [5.74, 6) is 0. The molecule has 1 aromatic heterocycles. The molecule has 1 unspecified atom stereocenters. The van der Waals surface area contributed by atoms with E-state index in [4.69, 9.17) is 4.42 Å². The highest BCUT2D eigenvalue weighted by Gasteiger charge is 2.26. The summed E-state index contributed by atoms with van der Waals surface area (Å²) in [6, 6.07) is 69.8. The van der Waals surface area contributed by atoms with Crippen LogP contribution in [0.4, 0.5) is 11.4 Å². The first-order chi connectivity index (χ1) is 26.8. The molecule has 1 heterocycles. The molecule has 1 atom stereocenters. The van der Waals surface area contributed by atoms with Gasteiger partial charge >= 0.3 is 0 Å². The van der Waals surface area contributed by atoms with E-state index in [1.807, 2.05) is 12.1 Å². The topological polar surface area (TPSA) is 16.4 Å². The van der Waals surface area contributed by atoms with Gasteiger partial charge in [-0.15, -0.1) is 0 Å². The second-order valence-electron chi connectivity index (χ2n) is 14.0. The van der Waals surface area contributed by atoms with E-state index < -0.39 is 0 Å². The van der Waals surface area contributed by atoms with Crippen molar-refractivity contribution in [2.24, 2.45) is 0 Å². The van der Waals surface area contributed by atoms with Crippen LogP contribution >= 0.6 is 0 Å². The maximum atomic E-state index is 6.23. The molecule has 9 aromatic rings. The fourth-order valence-corrected chi connectivity index (χ4v) is 8.29. The highest BCUT2D eigenvalue weighted by Crippen LogP contribution is 2.42. The summed E-state index contributed by atoms with van der Waals surface area (Å²) in [5.41, 5.74) is 14.1. The standard InChI is InChI=1S/C52H37NO/c1-4-13-36(14-5-1)37-23-27-41(28-24-37)53(43-31-32-45(38-15-6-2-7-16-38)49(35-43)39-17-8-3-9-18-39)42-29-25-40(26-30-42)44-20-12-21-47-46(44)33-34-51-52(47)48-19-10-11-22-50(48)54-51/h1-34,43H,35H2. The molecule has 0 saturated heterocycles. The maximum absolute atomic E-state index is 6.23. The van der Waals surface area contributed by atoms with Crippen molar-refractivity contribution >= 4 is 55.2 Å². The summed E-state index contributed by atoms with van der Waals surface area (Å²) in [6.07, 6.45) is 5.59. The van der Waals surface area contributed by atoms with E-state index in [-0.39, 0.29) is 6.04 Å². The minimum absolute atomic E-state index is 0.0984. The number of rotatable bonds is 7. The van der Waals surface area contributed by atoms with Crippen LogP contribution in [0.25, 0.3) is 66.1 Å². The predicted molar refractivity (Wildman–Crippen MR) is 228 cm³/mol. The third kappa shape index (κ3) is 5.70. The Kier molecular flexibility index (Phi) is 8.00. The van der Waals surface area contributed by atoms with Crippen molar-refractivity contribution in [1.82, 2.24) is 0 Å². The van der Waals surface area contributed by atoms with E-state index in [2.05, 4.69) is 199 Å². The first-order valence-corrected chi connectivity index (χ1v) is 18.7. The Balaban J connectivity index is 1.07. The van der Waals surface area contributed by atoms with Gasteiger partial charge in [0, 0.05) is 22.1 Å². The molecule has 0 radical (unpaired) electrons. The summed E-state index contributed by atoms with van der Waals surface area (Å²) >= 11 is 0. The smallest absolute Gasteiger partial charge is 0.136 e. The zero-order valence-electron chi connectivity index (χ0n) is 29.8. The van der Waals surface area contributed by atoms with Crippen LogP contribution in [0.2, 0.25) is 0 Å². The zero-order chi connectivity index (χ0) is 35.8. The van der Waals surface area contributed by atoms with Crippen molar-refractivity contribution in [3.05, 3.63) is 217 Å². The molecular weight excluding hydrogens is 655 g/mol. The van der Waals surface area contributed by atoms with Crippen LogP contribution in [0.1, 0.15) is 17.5 Å². The summed E-state index contributed by atoms with van der Waals surface area (Å²) in [4.78, 5) is 2.50. The molecule has 0 fully saturated rings. The summed E-state index contributed by atoms with van der Waals surface area (Å²) in [6.45, 7) is 0. The molecule has 54 heavy (non-hydrogen) atoms. The minimum atomic E-state index is 0.0984. The van der Waals surface area contributed by atoms with E-state index in [1.165, 1.54) is 60.7 Å². The van der Waals surface area contributed by atoms with Gasteiger partial charge in [0.2, 0.25) is 0 Å². The molecule has 0 amide bonds. The Morgan fingerprint density at radius 3 is 1.69 bits per heavy atom. The predicted octanol–water partition coefficient (Wildman–Crippen LogP) is 14.2. The van der Waals surface area contributed by atoms with E-state index in [1.54, 1.807) is 0 Å². The Morgan fingerprint density at radius 2 is 0.981 bits per heavy atom. The lowest BCUT2D eigenvalue weighted by molar-refractivity contribution is 0.669. The highest BCUT2D eigenvalue weighted by molar-refractivity contribution is 6.20. The van der Waals surface area contributed by atoms with Crippen LogP contribution in [-0.4, -0.2) is 6.04 Å². The summed E-state index contributed by atoms with van der Waals surface area (Å²) in [7, 11) is 0. The van der Waals surface area contributed by atoms with Crippen LogP contribution in [0, 0.1) is 0 Å². The average Bonchev–Trinajstić information content (AvgIpc) is 3.64. The van der Waals surface area contributed by atoms with Crippen LogP contribution < -0.4 is 4.90 Å². The number of hydrogen-bond acceptors (Lipinski definition) is 2. The SMILES string of the molecule is C1=CC(N(c2ccc(-c3ccccc3)cc2)c2ccc(-c3cccc4c3ccc3oc5ccccc5c34)cc2)CC(c2ccccc2)=C1c1ccccc1. The molecular formula is C52H37NO. The number of fused-ring (bicyclic) bond motifs is 5. The highest BCUT2D eigenvalue weighted by atomic mass is 16.3. The molecule has 0 spiro atoms. The second kappa shape index (κ2) is 13.6. The molecule has 0 bridgehead atoms. The lowest BCUT2D eigenvalue weighted by atomic mass is 9.85. The van der Waals surface area contributed by atoms with Crippen LogP contribution in [-0.2, 0) is 0 Å². The van der Waals surface area contributed by atoms with Gasteiger partial charge in [0.15, 0.2) is 0 Å². The van der Waals surface area contributed by atoms with E-state index in [0.717, 1.165) is 34.3 Å². The Morgan fingerprint density at radius 1 is 0.407 bits per heavy atom. The molecule has 1 aliphatic carbocycles. The van der Waals surface area contributed by atoms with Crippen molar-refractivity contribution in [3.8, 4) is 22.3 Å². The molecule has 8 aromatic carbocycles. The van der Waals surface area contributed by atoms with Crippen molar-refractivity contribution in [1.29, 1.82) is 0 Å². The largest absolute Gasteiger partial charge is 0.456 e. The Labute approximate surface area is 315 Å². The normalized spacial score (nSPS) is 14.3. The van der Waals surface area contributed by atoms with Crippen LogP contribution in [0.15, 0.2) is 211 Å². The van der Waals surface area contributed by atoms with Gasteiger partial charge in [0.25, 0.3) is 0 Å². The number of benzene rings is 8. The minimum Gasteiger partial charge on any atom is -0.456 e. The van der Waals surface area contributed by atoms with Gasteiger partial charge in [-0.2, -0.15) is 0 Å². The number of hydrogen-bond donors (Lipinski definition) is 0. The first-order valence-electron chi connectivity index (χ1n) is 18.7. The molecule has 0 N–H and O–H groups in total. The van der Waals surface area contributed by atoms with E-state index in [9.17, 15) is 0 Å². The number of para-hydroxylation sites is 1. The van der Waals surface area contributed by atoms with Gasteiger partial charge in [-0.1, -0.05) is 170 Å². The lowest BCUT2D eigenvalue weighted by Crippen LogP contribution is -2.31. The number of nitrogens with zero attached hydrogens (tertiary/aromatic N) is 1. The quantitative estimate of drug-likeness (QED) is 0.165. The van der Waals surface area contributed by atoms with Crippen molar-refractivity contribution in [2.75, 3.05) is 4.90 Å². The fourth-order valence-electron chi connectivity index (χ4n) is 8.29. The summed E-state index contributed by atoms with van der Waals surface area (Å²) in [5, 5.41) is 4.76. The molecule has 10 rings (SSSR count). The van der Waals surface area contributed by atoms with Crippen molar-refractivity contribution in [2.45, 2.75) is 12.5 Å². The zero-order valence-corrected chi connectivity index (χ0v) is 29.8. The van der Waals surface area contributed by atoms with Crippen molar-refractivity contribution < 1.29 is 4.42 Å². The molecule has 2 heteroatoms. The Bertz CT molecular complexity index is 2810. The third-order valence-corrected chi connectivity index (χ3v) is 10.9. The molecule has 2 nitrogen and oxygen atoms in total.